The molecule has 0 atom stereocenters. The van der Waals surface area contributed by atoms with Crippen LogP contribution in [0.15, 0.2) is 12.1 Å². The lowest BCUT2D eigenvalue weighted by Gasteiger charge is -2.32. The molecule has 0 N–H and O–H groups in total. The van der Waals surface area contributed by atoms with E-state index in [4.69, 9.17) is 18.9 Å². The molecule has 0 aromatic heterocycles. The van der Waals surface area contributed by atoms with E-state index >= 15 is 0 Å². The number of unbranched alkanes of at least 4 members (excludes halogenated alkanes) is 1. The minimum absolute atomic E-state index is 0.145. The molecule has 0 radical (unpaired) electrons. The smallest absolute Gasteiger partial charge is 0.194 e. The maximum Gasteiger partial charge on any atom is 0.194 e. The van der Waals surface area contributed by atoms with Gasteiger partial charge in [-0.15, -0.1) is 0 Å². The number of ether oxygens (including phenoxy) is 4. The van der Waals surface area contributed by atoms with E-state index in [9.17, 15) is 13.2 Å². The minimum atomic E-state index is -1.44. The molecule has 2 aliphatic heterocycles. The molecule has 2 fully saturated rings. The van der Waals surface area contributed by atoms with E-state index in [0.717, 1.165) is 44.6 Å². The van der Waals surface area contributed by atoms with E-state index in [-0.39, 0.29) is 12.2 Å². The lowest BCUT2D eigenvalue weighted by Crippen LogP contribution is -2.35. The first-order valence-electron chi connectivity index (χ1n) is 10.6. The molecule has 0 aliphatic carbocycles. The fourth-order valence-corrected chi connectivity index (χ4v) is 3.73. The van der Waals surface area contributed by atoms with Crippen LogP contribution < -0.4 is 0 Å². The zero-order valence-corrected chi connectivity index (χ0v) is 17.0. The molecule has 7 heteroatoms. The van der Waals surface area contributed by atoms with Crippen molar-refractivity contribution in [2.45, 2.75) is 64.4 Å². The maximum absolute atomic E-state index is 13.3. The highest BCUT2D eigenvalue weighted by Gasteiger charge is 2.26. The summed E-state index contributed by atoms with van der Waals surface area (Å²) >= 11 is 0. The molecule has 29 heavy (non-hydrogen) atoms. The van der Waals surface area contributed by atoms with Crippen LogP contribution in [0.25, 0.3) is 0 Å². The van der Waals surface area contributed by atoms with Crippen molar-refractivity contribution >= 4 is 0 Å². The number of hydrogen-bond acceptors (Lipinski definition) is 4. The van der Waals surface area contributed by atoms with Gasteiger partial charge in [0.15, 0.2) is 30.0 Å². The Morgan fingerprint density at radius 2 is 1.28 bits per heavy atom. The Balaban J connectivity index is 1.30. The molecule has 0 amide bonds. The fourth-order valence-electron chi connectivity index (χ4n) is 3.73. The minimum Gasteiger partial charge on any atom is -0.352 e. The van der Waals surface area contributed by atoms with Crippen molar-refractivity contribution in [2.75, 3.05) is 26.4 Å². The van der Waals surface area contributed by atoms with E-state index in [2.05, 4.69) is 6.92 Å². The summed E-state index contributed by atoms with van der Waals surface area (Å²) in [5.41, 5.74) is 0.388. The summed E-state index contributed by atoms with van der Waals surface area (Å²) < 4.78 is 62.7. The van der Waals surface area contributed by atoms with Crippen molar-refractivity contribution in [1.29, 1.82) is 0 Å². The summed E-state index contributed by atoms with van der Waals surface area (Å²) in [6, 6.07) is 2.03. The van der Waals surface area contributed by atoms with E-state index in [1.165, 1.54) is 12.8 Å². The molecular weight excluding hydrogens is 385 g/mol. The van der Waals surface area contributed by atoms with Gasteiger partial charge in [-0.1, -0.05) is 19.8 Å². The van der Waals surface area contributed by atoms with Crippen LogP contribution >= 0.6 is 0 Å². The normalized spacial score (nSPS) is 27.9. The van der Waals surface area contributed by atoms with Gasteiger partial charge in [-0.2, -0.15) is 0 Å². The SMILES string of the molecule is CCCCC1COC(CCC2COC(CCc3cc(F)c(F)c(F)c3)OC2)OC1. The van der Waals surface area contributed by atoms with Gasteiger partial charge < -0.3 is 18.9 Å². The van der Waals surface area contributed by atoms with Gasteiger partial charge in [0.05, 0.1) is 26.4 Å². The van der Waals surface area contributed by atoms with Crippen LogP contribution in [0.2, 0.25) is 0 Å². The van der Waals surface area contributed by atoms with Gasteiger partial charge in [-0.25, -0.2) is 13.2 Å². The monoisotopic (exact) mass is 416 g/mol. The zero-order chi connectivity index (χ0) is 20.6. The Morgan fingerprint density at radius 3 is 1.83 bits per heavy atom. The van der Waals surface area contributed by atoms with E-state index < -0.39 is 23.7 Å². The van der Waals surface area contributed by atoms with Crippen LogP contribution in [-0.2, 0) is 25.4 Å². The van der Waals surface area contributed by atoms with Crippen LogP contribution in [-0.4, -0.2) is 39.0 Å². The van der Waals surface area contributed by atoms with Crippen molar-refractivity contribution in [3.63, 3.8) is 0 Å². The molecule has 2 saturated heterocycles. The first kappa shape index (κ1) is 22.5. The summed E-state index contributed by atoms with van der Waals surface area (Å²) in [5.74, 6) is -3.00. The summed E-state index contributed by atoms with van der Waals surface area (Å²) in [7, 11) is 0. The standard InChI is InChI=1S/C22H31F3O4/c1-2-3-4-16-11-26-21(27-12-16)8-6-17-13-28-20(29-14-17)7-5-15-9-18(23)22(25)19(24)10-15/h9-10,16-17,20-21H,2-8,11-14H2,1H3. The first-order valence-corrected chi connectivity index (χ1v) is 10.6. The molecule has 4 nitrogen and oxygen atoms in total. The summed E-state index contributed by atoms with van der Waals surface area (Å²) in [6.45, 7) is 4.88. The number of aryl methyl sites for hydroxylation is 1. The number of hydrogen-bond donors (Lipinski definition) is 0. The van der Waals surface area contributed by atoms with Gasteiger partial charge in [-0.3, -0.25) is 0 Å². The highest BCUT2D eigenvalue weighted by molar-refractivity contribution is 5.19. The topological polar surface area (TPSA) is 36.9 Å². The first-order chi connectivity index (χ1) is 14.0. The van der Waals surface area contributed by atoms with Crippen LogP contribution in [0, 0.1) is 29.3 Å². The van der Waals surface area contributed by atoms with Crippen molar-refractivity contribution in [2.24, 2.45) is 11.8 Å². The molecule has 1 aromatic rings. The third-order valence-electron chi connectivity index (χ3n) is 5.56. The van der Waals surface area contributed by atoms with Gasteiger partial charge >= 0.3 is 0 Å². The molecule has 0 unspecified atom stereocenters. The molecule has 0 spiro atoms. The second-order valence-electron chi connectivity index (χ2n) is 8.06. The highest BCUT2D eigenvalue weighted by Crippen LogP contribution is 2.24. The second-order valence-corrected chi connectivity index (χ2v) is 8.06. The average Bonchev–Trinajstić information content (AvgIpc) is 2.74. The number of halogens is 3. The van der Waals surface area contributed by atoms with Crippen molar-refractivity contribution in [1.82, 2.24) is 0 Å². The molecule has 2 aliphatic rings. The maximum atomic E-state index is 13.3. The molecule has 3 rings (SSSR count). The largest absolute Gasteiger partial charge is 0.352 e. The number of benzene rings is 1. The Morgan fingerprint density at radius 1 is 0.759 bits per heavy atom. The Bertz CT molecular complexity index is 603. The molecule has 0 bridgehead atoms. The Hall–Kier alpha value is -1.15. The van der Waals surface area contributed by atoms with Crippen molar-refractivity contribution in [3.8, 4) is 0 Å². The van der Waals surface area contributed by atoms with E-state index in [1.807, 2.05) is 0 Å². The molecule has 1 aromatic carbocycles. The average molecular weight is 416 g/mol. The second kappa shape index (κ2) is 11.3. The van der Waals surface area contributed by atoms with Gasteiger partial charge in [0, 0.05) is 18.3 Å². The molecular formula is C22H31F3O4. The van der Waals surface area contributed by atoms with Crippen LogP contribution in [0.1, 0.15) is 51.0 Å². The van der Waals surface area contributed by atoms with Crippen molar-refractivity contribution < 1.29 is 32.1 Å². The molecule has 2 heterocycles. The molecule has 164 valence electrons. The van der Waals surface area contributed by atoms with E-state index in [1.54, 1.807) is 0 Å². The van der Waals surface area contributed by atoms with Gasteiger partial charge in [0.1, 0.15) is 0 Å². The Labute approximate surface area is 170 Å². The van der Waals surface area contributed by atoms with Crippen LogP contribution in [0.4, 0.5) is 13.2 Å². The Kier molecular flexibility index (Phi) is 8.78. The van der Waals surface area contributed by atoms with Gasteiger partial charge in [0.25, 0.3) is 0 Å². The summed E-state index contributed by atoms with van der Waals surface area (Å²) in [4.78, 5) is 0. The van der Waals surface area contributed by atoms with Gasteiger partial charge in [0.2, 0.25) is 0 Å². The molecule has 0 saturated carbocycles. The lowest BCUT2D eigenvalue weighted by molar-refractivity contribution is -0.219. The number of rotatable bonds is 9. The quantitative estimate of drug-likeness (QED) is 0.532. The lowest BCUT2D eigenvalue weighted by atomic mass is 10.0. The van der Waals surface area contributed by atoms with Crippen LogP contribution in [0.5, 0.6) is 0 Å². The predicted molar refractivity (Wildman–Crippen MR) is 102 cm³/mol. The van der Waals surface area contributed by atoms with Crippen LogP contribution in [0.3, 0.4) is 0 Å². The summed E-state index contributed by atoms with van der Waals surface area (Å²) in [6.07, 6.45) is 5.54. The predicted octanol–water partition coefficient (Wildman–Crippen LogP) is 4.99. The van der Waals surface area contributed by atoms with E-state index in [0.29, 0.717) is 37.5 Å². The highest BCUT2D eigenvalue weighted by atomic mass is 19.2. The fraction of sp³-hybridized carbons (Fsp3) is 0.727. The summed E-state index contributed by atoms with van der Waals surface area (Å²) in [5, 5.41) is 0. The third kappa shape index (κ3) is 6.95. The zero-order valence-electron chi connectivity index (χ0n) is 17.0. The van der Waals surface area contributed by atoms with Gasteiger partial charge in [-0.05, 0) is 43.4 Å². The van der Waals surface area contributed by atoms with Crippen molar-refractivity contribution in [3.05, 3.63) is 35.1 Å². The third-order valence-corrected chi connectivity index (χ3v) is 5.56.